The molecule has 2 rings (SSSR count). The van der Waals surface area contributed by atoms with Gasteiger partial charge in [-0.1, -0.05) is 45.0 Å². The van der Waals surface area contributed by atoms with Crippen LogP contribution in [0.1, 0.15) is 61.9 Å². The van der Waals surface area contributed by atoms with E-state index in [9.17, 15) is 5.11 Å². The molecule has 2 aromatic rings. The molecule has 1 unspecified atom stereocenters. The molecule has 0 spiro atoms. The Morgan fingerprint density at radius 2 is 1.75 bits per heavy atom. The van der Waals surface area contributed by atoms with Crippen LogP contribution in [0.2, 0.25) is 0 Å². The van der Waals surface area contributed by atoms with Crippen molar-refractivity contribution in [3.8, 4) is 0 Å². The summed E-state index contributed by atoms with van der Waals surface area (Å²) in [7, 11) is 1.97. The number of aliphatic hydroxyl groups excluding tert-OH is 1. The van der Waals surface area contributed by atoms with E-state index in [2.05, 4.69) is 37.9 Å². The van der Waals surface area contributed by atoms with Gasteiger partial charge in [-0.05, 0) is 23.5 Å². The van der Waals surface area contributed by atoms with Crippen molar-refractivity contribution >= 4 is 0 Å². The van der Waals surface area contributed by atoms with Gasteiger partial charge in [0.25, 0.3) is 0 Å². The van der Waals surface area contributed by atoms with Gasteiger partial charge in [0, 0.05) is 13.5 Å². The van der Waals surface area contributed by atoms with Crippen LogP contribution in [0.5, 0.6) is 0 Å². The molecule has 0 amide bonds. The fraction of sp³-hybridized carbons (Fsp3) is 0.471. The minimum atomic E-state index is -0.612. The Hall–Kier alpha value is -1.61. The highest BCUT2D eigenvalue weighted by Gasteiger charge is 2.16. The third-order valence-corrected chi connectivity index (χ3v) is 3.79. The standard InChI is InChI=1S/C17H24N2O/c1-5-6-16-18-11-15(19(16)4)17(20)14-9-7-13(8-10-14)12(2)3/h7-12,17,20H,5-6H2,1-4H3. The van der Waals surface area contributed by atoms with Crippen LogP contribution in [0.25, 0.3) is 0 Å². The number of hydrogen-bond acceptors (Lipinski definition) is 2. The second-order valence-electron chi connectivity index (χ2n) is 5.63. The molecule has 1 N–H and O–H groups in total. The van der Waals surface area contributed by atoms with E-state index in [1.807, 2.05) is 23.7 Å². The third-order valence-electron chi connectivity index (χ3n) is 3.79. The number of aliphatic hydroxyl groups is 1. The van der Waals surface area contributed by atoms with Crippen LogP contribution < -0.4 is 0 Å². The van der Waals surface area contributed by atoms with Crippen molar-refractivity contribution in [2.75, 3.05) is 0 Å². The molecule has 1 aromatic carbocycles. The average Bonchev–Trinajstić information content (AvgIpc) is 2.80. The van der Waals surface area contributed by atoms with Gasteiger partial charge in [-0.15, -0.1) is 0 Å². The van der Waals surface area contributed by atoms with Crippen molar-refractivity contribution in [3.63, 3.8) is 0 Å². The normalized spacial score (nSPS) is 12.9. The van der Waals surface area contributed by atoms with Crippen molar-refractivity contribution in [2.24, 2.45) is 7.05 Å². The van der Waals surface area contributed by atoms with Crippen LogP contribution in [0, 0.1) is 0 Å². The second kappa shape index (κ2) is 6.23. The molecule has 1 heterocycles. The molecular weight excluding hydrogens is 248 g/mol. The van der Waals surface area contributed by atoms with Crippen LogP contribution in [-0.4, -0.2) is 14.7 Å². The number of benzene rings is 1. The van der Waals surface area contributed by atoms with E-state index in [-0.39, 0.29) is 0 Å². The fourth-order valence-electron chi connectivity index (χ4n) is 2.41. The Morgan fingerprint density at radius 1 is 1.15 bits per heavy atom. The molecule has 3 heteroatoms. The molecule has 0 aliphatic carbocycles. The molecule has 0 saturated heterocycles. The maximum Gasteiger partial charge on any atom is 0.121 e. The van der Waals surface area contributed by atoms with Gasteiger partial charge in [0.05, 0.1) is 11.9 Å². The molecule has 1 aromatic heterocycles. The molecule has 108 valence electrons. The maximum atomic E-state index is 10.5. The van der Waals surface area contributed by atoms with Crippen molar-refractivity contribution < 1.29 is 5.11 Å². The third kappa shape index (κ3) is 2.93. The van der Waals surface area contributed by atoms with E-state index < -0.39 is 6.10 Å². The number of imidazole rings is 1. The Balaban J connectivity index is 2.24. The highest BCUT2D eigenvalue weighted by atomic mass is 16.3. The van der Waals surface area contributed by atoms with Gasteiger partial charge in [0.1, 0.15) is 11.9 Å². The molecule has 1 atom stereocenters. The summed E-state index contributed by atoms with van der Waals surface area (Å²) in [6.45, 7) is 6.47. The van der Waals surface area contributed by atoms with Gasteiger partial charge in [0.15, 0.2) is 0 Å². The highest BCUT2D eigenvalue weighted by Crippen LogP contribution is 2.24. The Labute approximate surface area is 121 Å². The largest absolute Gasteiger partial charge is 0.382 e. The Morgan fingerprint density at radius 3 is 2.30 bits per heavy atom. The molecule has 0 aliphatic rings. The average molecular weight is 272 g/mol. The van der Waals surface area contributed by atoms with E-state index in [1.54, 1.807) is 6.20 Å². The smallest absolute Gasteiger partial charge is 0.121 e. The molecule has 0 bridgehead atoms. The van der Waals surface area contributed by atoms with Crippen LogP contribution in [0.3, 0.4) is 0 Å². The highest BCUT2D eigenvalue weighted by molar-refractivity contribution is 5.30. The van der Waals surface area contributed by atoms with Crippen molar-refractivity contribution in [1.82, 2.24) is 9.55 Å². The fourth-order valence-corrected chi connectivity index (χ4v) is 2.41. The van der Waals surface area contributed by atoms with E-state index in [0.717, 1.165) is 29.9 Å². The summed E-state index contributed by atoms with van der Waals surface area (Å²) in [6.07, 6.45) is 3.17. The molecule has 0 fully saturated rings. The van der Waals surface area contributed by atoms with Crippen LogP contribution in [0.15, 0.2) is 30.5 Å². The van der Waals surface area contributed by atoms with Crippen molar-refractivity contribution in [1.29, 1.82) is 0 Å². The summed E-state index contributed by atoms with van der Waals surface area (Å²) in [5.41, 5.74) is 3.06. The molecule has 20 heavy (non-hydrogen) atoms. The lowest BCUT2D eigenvalue weighted by Crippen LogP contribution is -2.08. The molecule has 0 aliphatic heterocycles. The number of rotatable bonds is 5. The summed E-state index contributed by atoms with van der Waals surface area (Å²) in [5, 5.41) is 10.5. The van der Waals surface area contributed by atoms with Gasteiger partial charge < -0.3 is 9.67 Å². The first kappa shape index (κ1) is 14.8. The van der Waals surface area contributed by atoms with Crippen LogP contribution >= 0.6 is 0 Å². The van der Waals surface area contributed by atoms with Gasteiger partial charge in [0.2, 0.25) is 0 Å². The number of nitrogens with zero attached hydrogens (tertiary/aromatic N) is 2. The SMILES string of the molecule is CCCc1ncc(C(O)c2ccc(C(C)C)cc2)n1C. The molecule has 0 saturated carbocycles. The van der Waals surface area contributed by atoms with Crippen molar-refractivity contribution in [3.05, 3.63) is 53.1 Å². The number of aryl methyl sites for hydroxylation is 1. The Bertz CT molecular complexity index is 555. The first-order chi connectivity index (χ1) is 9.54. The maximum absolute atomic E-state index is 10.5. The first-order valence-corrected chi connectivity index (χ1v) is 7.33. The summed E-state index contributed by atoms with van der Waals surface area (Å²) in [5.74, 6) is 1.54. The summed E-state index contributed by atoms with van der Waals surface area (Å²) >= 11 is 0. The lowest BCUT2D eigenvalue weighted by atomic mass is 9.99. The van der Waals surface area contributed by atoms with Gasteiger partial charge in [-0.25, -0.2) is 4.98 Å². The minimum Gasteiger partial charge on any atom is -0.382 e. The van der Waals surface area contributed by atoms with E-state index >= 15 is 0 Å². The second-order valence-corrected chi connectivity index (χ2v) is 5.63. The quantitative estimate of drug-likeness (QED) is 0.903. The molecular formula is C17H24N2O. The molecule has 3 nitrogen and oxygen atoms in total. The summed E-state index contributed by atoms with van der Waals surface area (Å²) < 4.78 is 2.00. The zero-order valence-corrected chi connectivity index (χ0v) is 12.8. The van der Waals surface area contributed by atoms with E-state index in [1.165, 1.54) is 5.56 Å². The van der Waals surface area contributed by atoms with E-state index in [4.69, 9.17) is 0 Å². The van der Waals surface area contributed by atoms with Gasteiger partial charge >= 0.3 is 0 Å². The zero-order valence-electron chi connectivity index (χ0n) is 12.8. The topological polar surface area (TPSA) is 38.1 Å². The van der Waals surface area contributed by atoms with Gasteiger partial charge in [-0.2, -0.15) is 0 Å². The first-order valence-electron chi connectivity index (χ1n) is 7.33. The van der Waals surface area contributed by atoms with Crippen molar-refractivity contribution in [2.45, 2.75) is 45.6 Å². The summed E-state index contributed by atoms with van der Waals surface area (Å²) in [4.78, 5) is 4.40. The van der Waals surface area contributed by atoms with Crippen LogP contribution in [0.4, 0.5) is 0 Å². The van der Waals surface area contributed by atoms with Crippen LogP contribution in [-0.2, 0) is 13.5 Å². The minimum absolute atomic E-state index is 0.508. The number of hydrogen-bond donors (Lipinski definition) is 1. The monoisotopic (exact) mass is 272 g/mol. The predicted molar refractivity (Wildman–Crippen MR) is 81.8 cm³/mol. The lowest BCUT2D eigenvalue weighted by Gasteiger charge is -2.14. The lowest BCUT2D eigenvalue weighted by molar-refractivity contribution is 0.211. The Kier molecular flexibility index (Phi) is 4.61. The number of aromatic nitrogens is 2. The predicted octanol–water partition coefficient (Wildman–Crippen LogP) is 3.58. The van der Waals surface area contributed by atoms with E-state index in [0.29, 0.717) is 5.92 Å². The van der Waals surface area contributed by atoms with Gasteiger partial charge in [-0.3, -0.25) is 0 Å². The summed E-state index contributed by atoms with van der Waals surface area (Å²) in [6, 6.07) is 8.19. The zero-order chi connectivity index (χ0) is 14.7. The molecule has 0 radical (unpaired) electrons.